The average Bonchev–Trinajstić information content (AvgIpc) is 2.53. The molecule has 1 N–H and O–H groups in total. The molecule has 0 aliphatic carbocycles. The van der Waals surface area contributed by atoms with Crippen LogP contribution in [0, 0.1) is 12.7 Å². The number of fused-ring (bicyclic) bond motifs is 1. The lowest BCUT2D eigenvalue weighted by molar-refractivity contribution is 0.309. The van der Waals surface area contributed by atoms with Crippen molar-refractivity contribution < 1.29 is 9.50 Å². The molecule has 0 saturated heterocycles. The molecular formula is C18H18FN3O2. The summed E-state index contributed by atoms with van der Waals surface area (Å²) in [5.41, 5.74) is 1.79. The summed E-state index contributed by atoms with van der Waals surface area (Å²) in [7, 11) is 1.83. The summed E-state index contributed by atoms with van der Waals surface area (Å²) in [4.78, 5) is 18.5. The van der Waals surface area contributed by atoms with Crippen molar-refractivity contribution in [3.63, 3.8) is 0 Å². The number of rotatable bonds is 4. The Morgan fingerprint density at radius 3 is 2.71 bits per heavy atom. The van der Waals surface area contributed by atoms with Crippen LogP contribution in [0.2, 0.25) is 0 Å². The molecule has 0 amide bonds. The number of hydrogen-bond donors (Lipinski definition) is 1. The van der Waals surface area contributed by atoms with E-state index >= 15 is 0 Å². The SMILES string of the molecule is Cc1ccc(O)c2nc(CN(C)Cc3ccccc3F)cc(=O)n12. The van der Waals surface area contributed by atoms with Crippen molar-refractivity contribution in [3.05, 3.63) is 75.6 Å². The quantitative estimate of drug-likeness (QED) is 0.800. The van der Waals surface area contributed by atoms with E-state index < -0.39 is 0 Å². The summed E-state index contributed by atoms with van der Waals surface area (Å²) in [6, 6.07) is 11.2. The van der Waals surface area contributed by atoms with Crippen LogP contribution in [0.5, 0.6) is 5.75 Å². The number of halogens is 1. The van der Waals surface area contributed by atoms with Gasteiger partial charge in [0.05, 0.1) is 5.69 Å². The van der Waals surface area contributed by atoms with E-state index in [-0.39, 0.29) is 22.8 Å². The van der Waals surface area contributed by atoms with Crippen LogP contribution >= 0.6 is 0 Å². The second-order valence-electron chi connectivity index (χ2n) is 5.87. The molecule has 2 heterocycles. The van der Waals surface area contributed by atoms with Crippen LogP contribution in [-0.2, 0) is 13.1 Å². The predicted octanol–water partition coefficient (Wildman–Crippen LogP) is 2.48. The fraction of sp³-hybridized carbons (Fsp3) is 0.222. The Labute approximate surface area is 138 Å². The Balaban J connectivity index is 1.89. The molecule has 0 spiro atoms. The summed E-state index contributed by atoms with van der Waals surface area (Å²) in [5.74, 6) is -0.305. The Kier molecular flexibility index (Phi) is 4.31. The smallest absolute Gasteiger partial charge is 0.258 e. The van der Waals surface area contributed by atoms with Gasteiger partial charge in [0.25, 0.3) is 5.56 Å². The fourth-order valence-electron chi connectivity index (χ4n) is 2.72. The molecule has 3 aromatic rings. The van der Waals surface area contributed by atoms with E-state index in [1.54, 1.807) is 31.2 Å². The van der Waals surface area contributed by atoms with Gasteiger partial charge in [-0.2, -0.15) is 0 Å². The van der Waals surface area contributed by atoms with E-state index in [1.165, 1.54) is 22.6 Å². The number of benzene rings is 1. The normalized spacial score (nSPS) is 11.3. The third-order valence-corrected chi connectivity index (χ3v) is 3.87. The molecule has 0 aliphatic heterocycles. The molecule has 0 bridgehead atoms. The number of aromatic nitrogens is 2. The van der Waals surface area contributed by atoms with Gasteiger partial charge in [-0.1, -0.05) is 18.2 Å². The molecule has 0 fully saturated rings. The Morgan fingerprint density at radius 1 is 1.21 bits per heavy atom. The summed E-state index contributed by atoms with van der Waals surface area (Å²) < 4.78 is 15.1. The monoisotopic (exact) mass is 327 g/mol. The van der Waals surface area contributed by atoms with Gasteiger partial charge in [-0.3, -0.25) is 14.1 Å². The van der Waals surface area contributed by atoms with Gasteiger partial charge in [-0.25, -0.2) is 9.37 Å². The van der Waals surface area contributed by atoms with E-state index in [0.29, 0.717) is 30.0 Å². The predicted molar refractivity (Wildman–Crippen MR) is 89.4 cm³/mol. The first kappa shape index (κ1) is 16.1. The Hall–Kier alpha value is -2.73. The number of pyridine rings is 1. The molecule has 2 aromatic heterocycles. The van der Waals surface area contributed by atoms with Gasteiger partial charge in [0, 0.05) is 30.4 Å². The highest BCUT2D eigenvalue weighted by atomic mass is 19.1. The van der Waals surface area contributed by atoms with Crippen LogP contribution in [0.15, 0.2) is 47.3 Å². The lowest BCUT2D eigenvalue weighted by Crippen LogP contribution is -2.23. The number of aryl methyl sites for hydroxylation is 1. The van der Waals surface area contributed by atoms with Crippen LogP contribution in [0.25, 0.3) is 5.65 Å². The summed E-state index contributed by atoms with van der Waals surface area (Å²) >= 11 is 0. The lowest BCUT2D eigenvalue weighted by atomic mass is 10.2. The highest BCUT2D eigenvalue weighted by molar-refractivity contribution is 5.53. The van der Waals surface area contributed by atoms with Crippen molar-refractivity contribution >= 4 is 5.65 Å². The van der Waals surface area contributed by atoms with Gasteiger partial charge < -0.3 is 5.11 Å². The molecule has 6 heteroatoms. The van der Waals surface area contributed by atoms with Gasteiger partial charge >= 0.3 is 0 Å². The van der Waals surface area contributed by atoms with Crippen molar-refractivity contribution in [2.75, 3.05) is 7.05 Å². The molecule has 0 aliphatic rings. The lowest BCUT2D eigenvalue weighted by Gasteiger charge is -2.17. The molecule has 1 aromatic carbocycles. The first-order chi connectivity index (χ1) is 11.5. The van der Waals surface area contributed by atoms with Crippen molar-refractivity contribution in [2.24, 2.45) is 0 Å². The molecule has 124 valence electrons. The number of nitrogens with zero attached hydrogens (tertiary/aromatic N) is 3. The Morgan fingerprint density at radius 2 is 1.96 bits per heavy atom. The summed E-state index contributed by atoms with van der Waals surface area (Å²) in [5, 5.41) is 9.96. The van der Waals surface area contributed by atoms with Crippen LogP contribution in [0.4, 0.5) is 4.39 Å². The van der Waals surface area contributed by atoms with Crippen molar-refractivity contribution in [3.8, 4) is 5.75 Å². The van der Waals surface area contributed by atoms with E-state index in [9.17, 15) is 14.3 Å². The van der Waals surface area contributed by atoms with Crippen molar-refractivity contribution in [1.29, 1.82) is 0 Å². The van der Waals surface area contributed by atoms with Gasteiger partial charge in [0.1, 0.15) is 5.82 Å². The molecule has 5 nitrogen and oxygen atoms in total. The van der Waals surface area contributed by atoms with Crippen LogP contribution in [0.1, 0.15) is 17.0 Å². The molecular weight excluding hydrogens is 309 g/mol. The maximum Gasteiger partial charge on any atom is 0.258 e. The highest BCUT2D eigenvalue weighted by Gasteiger charge is 2.11. The zero-order valence-corrected chi connectivity index (χ0v) is 13.5. The largest absolute Gasteiger partial charge is 0.504 e. The molecule has 0 radical (unpaired) electrons. The van der Waals surface area contributed by atoms with E-state index in [1.807, 2.05) is 11.9 Å². The number of aromatic hydroxyl groups is 1. The molecule has 0 unspecified atom stereocenters. The zero-order valence-electron chi connectivity index (χ0n) is 13.5. The molecule has 24 heavy (non-hydrogen) atoms. The third-order valence-electron chi connectivity index (χ3n) is 3.87. The third kappa shape index (κ3) is 3.14. The fourth-order valence-corrected chi connectivity index (χ4v) is 2.72. The Bertz CT molecular complexity index is 953. The standard InChI is InChI=1S/C18H18FN3O2/c1-12-7-8-16(23)18-20-14(9-17(24)22(12)18)11-21(2)10-13-5-3-4-6-15(13)19/h3-9,23H,10-11H2,1-2H3. The van der Waals surface area contributed by atoms with E-state index in [4.69, 9.17) is 0 Å². The number of hydrogen-bond acceptors (Lipinski definition) is 4. The molecule has 0 atom stereocenters. The maximum absolute atomic E-state index is 13.7. The second kappa shape index (κ2) is 6.41. The molecule has 0 saturated carbocycles. The highest BCUT2D eigenvalue weighted by Crippen LogP contribution is 2.17. The minimum Gasteiger partial charge on any atom is -0.504 e. The van der Waals surface area contributed by atoms with Gasteiger partial charge in [0.15, 0.2) is 11.4 Å². The van der Waals surface area contributed by atoms with E-state index in [2.05, 4.69) is 4.98 Å². The maximum atomic E-state index is 13.7. The van der Waals surface area contributed by atoms with Crippen LogP contribution in [-0.4, -0.2) is 26.4 Å². The summed E-state index contributed by atoms with van der Waals surface area (Å²) in [6.07, 6.45) is 0. The topological polar surface area (TPSA) is 57.8 Å². The minimum absolute atomic E-state index is 0.0451. The first-order valence-corrected chi connectivity index (χ1v) is 7.59. The van der Waals surface area contributed by atoms with Gasteiger partial charge in [-0.15, -0.1) is 0 Å². The zero-order chi connectivity index (χ0) is 17.3. The van der Waals surface area contributed by atoms with Crippen molar-refractivity contribution in [1.82, 2.24) is 14.3 Å². The van der Waals surface area contributed by atoms with Crippen molar-refractivity contribution in [2.45, 2.75) is 20.0 Å². The summed E-state index contributed by atoms with van der Waals surface area (Å²) in [6.45, 7) is 2.54. The second-order valence-corrected chi connectivity index (χ2v) is 5.87. The first-order valence-electron chi connectivity index (χ1n) is 7.59. The molecule has 3 rings (SSSR count). The van der Waals surface area contributed by atoms with Gasteiger partial charge in [-0.05, 0) is 32.2 Å². The van der Waals surface area contributed by atoms with E-state index in [0.717, 1.165) is 0 Å². The van der Waals surface area contributed by atoms with Crippen LogP contribution in [0.3, 0.4) is 0 Å². The minimum atomic E-state index is -0.260. The average molecular weight is 327 g/mol. The van der Waals surface area contributed by atoms with Crippen LogP contribution < -0.4 is 5.56 Å². The van der Waals surface area contributed by atoms with Gasteiger partial charge in [0.2, 0.25) is 0 Å².